The van der Waals surface area contributed by atoms with Crippen LogP contribution in [0.2, 0.25) is 0 Å². The van der Waals surface area contributed by atoms with Crippen molar-refractivity contribution in [2.75, 3.05) is 13.1 Å². The van der Waals surface area contributed by atoms with Crippen LogP contribution in [0.15, 0.2) is 30.3 Å². The number of imide groups is 1. The molecule has 1 aromatic rings. The number of hydrogen-bond donors (Lipinski definition) is 2. The fourth-order valence-electron chi connectivity index (χ4n) is 2.45. The van der Waals surface area contributed by atoms with E-state index in [9.17, 15) is 14.9 Å². The lowest BCUT2D eigenvalue weighted by Crippen LogP contribution is -2.57. The number of carbonyl (C=O) groups excluding carboxylic acids is 2. The monoisotopic (exact) mass is 286 g/mol. The van der Waals surface area contributed by atoms with Crippen molar-refractivity contribution in [1.29, 1.82) is 5.26 Å². The van der Waals surface area contributed by atoms with Crippen LogP contribution in [0.4, 0.5) is 4.79 Å². The number of nitrogens with one attached hydrogen (secondary N) is 2. The number of nitrogens with zero attached hydrogens (tertiary/aromatic N) is 2. The molecule has 0 saturated carbocycles. The van der Waals surface area contributed by atoms with Gasteiger partial charge in [-0.15, -0.1) is 0 Å². The summed E-state index contributed by atoms with van der Waals surface area (Å²) in [4.78, 5) is 24.5. The predicted molar refractivity (Wildman–Crippen MR) is 77.0 cm³/mol. The Morgan fingerprint density at radius 2 is 2.05 bits per heavy atom. The average molecular weight is 286 g/mol. The maximum absolute atomic E-state index is 12.2. The third-order valence-electron chi connectivity index (χ3n) is 3.71. The summed E-state index contributed by atoms with van der Waals surface area (Å²) < 4.78 is 0. The highest BCUT2D eigenvalue weighted by Gasteiger charge is 2.41. The van der Waals surface area contributed by atoms with Crippen molar-refractivity contribution in [3.63, 3.8) is 0 Å². The fraction of sp³-hybridized carbons (Fsp3) is 0.400. The van der Waals surface area contributed by atoms with Gasteiger partial charge in [-0.3, -0.25) is 4.79 Å². The quantitative estimate of drug-likeness (QED) is 0.809. The van der Waals surface area contributed by atoms with Gasteiger partial charge in [-0.2, -0.15) is 5.26 Å². The molecule has 1 aliphatic rings. The van der Waals surface area contributed by atoms with Gasteiger partial charge in [0.15, 0.2) is 0 Å². The first-order chi connectivity index (χ1) is 10.2. The SMILES string of the molecule is N#CC1(N(C=O)C(=O)NCc2ccccc2)CCNCC1. The summed E-state index contributed by atoms with van der Waals surface area (Å²) in [5.74, 6) is 0. The van der Waals surface area contributed by atoms with Crippen molar-refractivity contribution in [3.8, 4) is 6.07 Å². The standard InChI is InChI=1S/C15H18N4O2/c16-11-15(6-8-17-9-7-15)19(12-20)14(21)18-10-13-4-2-1-3-5-13/h1-5,12,17H,6-10H2,(H,18,21). The molecule has 0 radical (unpaired) electrons. The van der Waals surface area contributed by atoms with E-state index in [0.717, 1.165) is 10.5 Å². The molecule has 0 bridgehead atoms. The number of nitriles is 1. The molecule has 0 unspecified atom stereocenters. The summed E-state index contributed by atoms with van der Waals surface area (Å²) in [5.41, 5.74) is -0.110. The minimum atomic E-state index is -1.05. The summed E-state index contributed by atoms with van der Waals surface area (Å²) >= 11 is 0. The fourth-order valence-corrected chi connectivity index (χ4v) is 2.45. The summed E-state index contributed by atoms with van der Waals surface area (Å²) in [6, 6.07) is 11.0. The first kappa shape index (κ1) is 15.0. The first-order valence-electron chi connectivity index (χ1n) is 6.90. The summed E-state index contributed by atoms with van der Waals surface area (Å²) in [6.07, 6.45) is 1.34. The molecule has 2 N–H and O–H groups in total. The molecule has 3 amide bonds. The first-order valence-corrected chi connectivity index (χ1v) is 6.90. The molecule has 0 spiro atoms. The smallest absolute Gasteiger partial charge is 0.325 e. The number of piperidine rings is 1. The Labute approximate surface area is 123 Å². The highest BCUT2D eigenvalue weighted by atomic mass is 16.2. The largest absolute Gasteiger partial charge is 0.334 e. The molecule has 1 fully saturated rings. The Hall–Kier alpha value is -2.39. The van der Waals surface area contributed by atoms with Crippen LogP contribution in [0.3, 0.4) is 0 Å². The summed E-state index contributed by atoms with van der Waals surface area (Å²) in [5, 5.41) is 15.2. The van der Waals surface area contributed by atoms with Crippen LogP contribution in [0, 0.1) is 11.3 Å². The molecular formula is C15H18N4O2. The zero-order chi connectivity index (χ0) is 15.1. The van der Waals surface area contributed by atoms with Gasteiger partial charge in [0, 0.05) is 6.54 Å². The average Bonchev–Trinajstić information content (AvgIpc) is 2.55. The Bertz CT molecular complexity index is 532. The van der Waals surface area contributed by atoms with E-state index < -0.39 is 11.6 Å². The molecule has 1 aromatic carbocycles. The molecule has 21 heavy (non-hydrogen) atoms. The Morgan fingerprint density at radius 3 is 2.62 bits per heavy atom. The predicted octanol–water partition coefficient (Wildman–Crippen LogP) is 1.00. The van der Waals surface area contributed by atoms with E-state index in [1.807, 2.05) is 30.3 Å². The van der Waals surface area contributed by atoms with Crippen molar-refractivity contribution in [2.45, 2.75) is 24.9 Å². The summed E-state index contributed by atoms with van der Waals surface area (Å²) in [6.45, 7) is 1.55. The van der Waals surface area contributed by atoms with E-state index in [4.69, 9.17) is 0 Å². The molecule has 2 rings (SSSR count). The van der Waals surface area contributed by atoms with Crippen LogP contribution in [0.5, 0.6) is 0 Å². The second-order valence-electron chi connectivity index (χ2n) is 5.01. The van der Waals surface area contributed by atoms with E-state index in [2.05, 4.69) is 16.7 Å². The number of urea groups is 1. The van der Waals surface area contributed by atoms with Gasteiger partial charge in [0.05, 0.1) is 6.07 Å². The van der Waals surface area contributed by atoms with Crippen molar-refractivity contribution in [3.05, 3.63) is 35.9 Å². The molecule has 1 aliphatic heterocycles. The molecule has 0 aromatic heterocycles. The van der Waals surface area contributed by atoms with E-state index in [1.165, 1.54) is 0 Å². The van der Waals surface area contributed by atoms with Gasteiger partial charge < -0.3 is 10.6 Å². The van der Waals surface area contributed by atoms with Gasteiger partial charge in [-0.05, 0) is 31.5 Å². The van der Waals surface area contributed by atoms with Crippen molar-refractivity contribution in [1.82, 2.24) is 15.5 Å². The van der Waals surface area contributed by atoms with Gasteiger partial charge in [0.2, 0.25) is 6.41 Å². The molecule has 110 valence electrons. The molecule has 0 atom stereocenters. The maximum atomic E-state index is 12.2. The topological polar surface area (TPSA) is 85.2 Å². The third-order valence-corrected chi connectivity index (χ3v) is 3.71. The minimum absolute atomic E-state index is 0.323. The number of amides is 3. The van der Waals surface area contributed by atoms with Crippen molar-refractivity contribution < 1.29 is 9.59 Å². The number of benzene rings is 1. The Morgan fingerprint density at radius 1 is 1.38 bits per heavy atom. The molecule has 1 heterocycles. The van der Waals surface area contributed by atoms with Crippen molar-refractivity contribution in [2.24, 2.45) is 0 Å². The van der Waals surface area contributed by atoms with Crippen LogP contribution < -0.4 is 10.6 Å². The number of rotatable bonds is 4. The van der Waals surface area contributed by atoms with E-state index >= 15 is 0 Å². The van der Waals surface area contributed by atoms with E-state index in [-0.39, 0.29) is 0 Å². The highest BCUT2D eigenvalue weighted by Crippen LogP contribution is 2.24. The lowest BCUT2D eigenvalue weighted by molar-refractivity contribution is -0.119. The summed E-state index contributed by atoms with van der Waals surface area (Å²) in [7, 11) is 0. The lowest BCUT2D eigenvalue weighted by Gasteiger charge is -2.37. The molecule has 6 heteroatoms. The Balaban J connectivity index is 2.04. The van der Waals surface area contributed by atoms with Crippen LogP contribution >= 0.6 is 0 Å². The molecular weight excluding hydrogens is 268 g/mol. The Kier molecular flexibility index (Phi) is 4.90. The highest BCUT2D eigenvalue weighted by molar-refractivity contribution is 5.86. The number of carbonyl (C=O) groups is 2. The normalized spacial score (nSPS) is 16.5. The lowest BCUT2D eigenvalue weighted by atomic mass is 9.88. The second kappa shape index (κ2) is 6.86. The van der Waals surface area contributed by atoms with Crippen LogP contribution in [0.25, 0.3) is 0 Å². The van der Waals surface area contributed by atoms with Gasteiger partial charge in [-0.25, -0.2) is 9.69 Å². The zero-order valence-electron chi connectivity index (χ0n) is 11.7. The van der Waals surface area contributed by atoms with Crippen molar-refractivity contribution >= 4 is 12.4 Å². The van der Waals surface area contributed by atoms with Gasteiger partial charge in [0.25, 0.3) is 0 Å². The number of hydrogen-bond acceptors (Lipinski definition) is 4. The van der Waals surface area contributed by atoms with E-state index in [1.54, 1.807) is 0 Å². The van der Waals surface area contributed by atoms with Gasteiger partial charge in [0.1, 0.15) is 5.54 Å². The molecule has 0 aliphatic carbocycles. The molecule has 1 saturated heterocycles. The van der Waals surface area contributed by atoms with Crippen LogP contribution in [-0.2, 0) is 11.3 Å². The van der Waals surface area contributed by atoms with E-state index in [0.29, 0.717) is 38.9 Å². The van der Waals surface area contributed by atoms with Gasteiger partial charge >= 0.3 is 6.03 Å². The van der Waals surface area contributed by atoms with Crippen LogP contribution in [-0.4, -0.2) is 36.0 Å². The molecule has 6 nitrogen and oxygen atoms in total. The zero-order valence-corrected chi connectivity index (χ0v) is 11.7. The van der Waals surface area contributed by atoms with Crippen LogP contribution in [0.1, 0.15) is 18.4 Å². The maximum Gasteiger partial charge on any atom is 0.325 e. The minimum Gasteiger partial charge on any atom is -0.334 e. The second-order valence-corrected chi connectivity index (χ2v) is 5.01. The third kappa shape index (κ3) is 3.38. The van der Waals surface area contributed by atoms with Gasteiger partial charge in [-0.1, -0.05) is 30.3 Å².